The van der Waals surface area contributed by atoms with Crippen LogP contribution in [0.4, 0.5) is 0 Å². The molecule has 3 rings (SSSR count). The fraction of sp³-hybridized carbons (Fsp3) is 0.286. The zero-order valence-corrected chi connectivity index (χ0v) is 19.4. The fourth-order valence-corrected chi connectivity index (χ4v) is 3.69. The van der Waals surface area contributed by atoms with Crippen molar-refractivity contribution in [1.82, 2.24) is 10.2 Å². The second-order valence-corrected chi connectivity index (χ2v) is 8.09. The Bertz CT molecular complexity index is 1000. The summed E-state index contributed by atoms with van der Waals surface area (Å²) >= 11 is 0. The highest BCUT2D eigenvalue weighted by Gasteiger charge is 2.29. The van der Waals surface area contributed by atoms with Gasteiger partial charge in [0.1, 0.15) is 11.8 Å². The van der Waals surface area contributed by atoms with Crippen molar-refractivity contribution in [2.24, 2.45) is 0 Å². The van der Waals surface area contributed by atoms with Gasteiger partial charge in [-0.2, -0.15) is 0 Å². The third-order valence-electron chi connectivity index (χ3n) is 5.54. The molecule has 172 valence electrons. The Kier molecular flexibility index (Phi) is 9.07. The zero-order valence-electron chi connectivity index (χ0n) is 19.4. The van der Waals surface area contributed by atoms with E-state index in [0.717, 1.165) is 16.9 Å². The summed E-state index contributed by atoms with van der Waals surface area (Å²) in [4.78, 5) is 27.9. The zero-order chi connectivity index (χ0) is 23.5. The van der Waals surface area contributed by atoms with Gasteiger partial charge in [-0.25, -0.2) is 0 Å². The van der Waals surface area contributed by atoms with E-state index in [0.29, 0.717) is 32.4 Å². The third kappa shape index (κ3) is 7.49. The van der Waals surface area contributed by atoms with Crippen molar-refractivity contribution in [3.05, 3.63) is 102 Å². The van der Waals surface area contributed by atoms with Crippen molar-refractivity contribution < 1.29 is 14.3 Å². The smallest absolute Gasteiger partial charge is 0.242 e. The van der Waals surface area contributed by atoms with Crippen LogP contribution in [0.2, 0.25) is 0 Å². The molecule has 0 unspecified atom stereocenters. The van der Waals surface area contributed by atoms with Crippen molar-refractivity contribution in [2.75, 3.05) is 13.7 Å². The summed E-state index contributed by atoms with van der Waals surface area (Å²) in [5, 5.41) is 2.74. The summed E-state index contributed by atoms with van der Waals surface area (Å²) in [6.07, 6.45) is 1.34. The highest BCUT2D eigenvalue weighted by molar-refractivity contribution is 5.87. The predicted molar refractivity (Wildman–Crippen MR) is 131 cm³/mol. The lowest BCUT2D eigenvalue weighted by Crippen LogP contribution is -2.49. The van der Waals surface area contributed by atoms with Gasteiger partial charge in [0, 0.05) is 26.4 Å². The number of rotatable bonds is 11. The molecule has 0 saturated heterocycles. The number of hydrogen-bond acceptors (Lipinski definition) is 3. The third-order valence-corrected chi connectivity index (χ3v) is 5.54. The van der Waals surface area contributed by atoms with E-state index >= 15 is 0 Å². The van der Waals surface area contributed by atoms with Gasteiger partial charge < -0.3 is 15.0 Å². The lowest BCUT2D eigenvalue weighted by molar-refractivity contribution is -0.141. The molecule has 5 nitrogen and oxygen atoms in total. The van der Waals surface area contributed by atoms with Crippen LogP contribution in [0.5, 0.6) is 5.75 Å². The molecular formula is C28H32N2O3. The molecule has 1 N–H and O–H groups in total. The Morgan fingerprint density at radius 2 is 1.48 bits per heavy atom. The van der Waals surface area contributed by atoms with Gasteiger partial charge in [-0.3, -0.25) is 9.59 Å². The number of nitrogens with zero attached hydrogens (tertiary/aromatic N) is 1. The second kappa shape index (κ2) is 12.4. The van der Waals surface area contributed by atoms with Crippen LogP contribution in [0.3, 0.4) is 0 Å². The molecule has 0 aliphatic carbocycles. The first-order chi connectivity index (χ1) is 16.1. The first-order valence-corrected chi connectivity index (χ1v) is 11.3. The molecule has 3 aromatic carbocycles. The van der Waals surface area contributed by atoms with E-state index in [2.05, 4.69) is 5.32 Å². The molecule has 0 bridgehead atoms. The first kappa shape index (κ1) is 24.1. The van der Waals surface area contributed by atoms with Gasteiger partial charge in [-0.15, -0.1) is 0 Å². The van der Waals surface area contributed by atoms with Crippen LogP contribution in [0.1, 0.15) is 29.5 Å². The Morgan fingerprint density at radius 3 is 2.09 bits per heavy atom. The Hall–Kier alpha value is -3.60. The highest BCUT2D eigenvalue weighted by Crippen LogP contribution is 2.17. The van der Waals surface area contributed by atoms with Crippen molar-refractivity contribution in [2.45, 2.75) is 38.8 Å². The maximum Gasteiger partial charge on any atom is 0.242 e. The molecule has 3 aromatic rings. The molecule has 0 aliphatic heterocycles. The van der Waals surface area contributed by atoms with Gasteiger partial charge in [0.2, 0.25) is 11.8 Å². The normalized spacial score (nSPS) is 11.5. The van der Waals surface area contributed by atoms with E-state index < -0.39 is 6.04 Å². The average Bonchev–Trinajstić information content (AvgIpc) is 2.85. The van der Waals surface area contributed by atoms with Crippen LogP contribution in [0, 0.1) is 6.92 Å². The number of carbonyl (C=O) groups excluding carboxylic acids is 2. The van der Waals surface area contributed by atoms with E-state index in [-0.39, 0.29) is 11.8 Å². The molecule has 0 radical (unpaired) electrons. The van der Waals surface area contributed by atoms with E-state index in [1.807, 2.05) is 91.9 Å². The van der Waals surface area contributed by atoms with Crippen molar-refractivity contribution in [3.8, 4) is 5.75 Å². The van der Waals surface area contributed by atoms with Gasteiger partial charge >= 0.3 is 0 Å². The molecule has 0 spiro atoms. The first-order valence-electron chi connectivity index (χ1n) is 11.3. The van der Waals surface area contributed by atoms with Gasteiger partial charge in [-0.1, -0.05) is 78.4 Å². The lowest BCUT2D eigenvalue weighted by Gasteiger charge is -2.31. The molecule has 0 aliphatic rings. The molecule has 5 heteroatoms. The number of aryl methyl sites for hydroxylation is 1. The number of benzene rings is 3. The van der Waals surface area contributed by atoms with E-state index in [1.165, 1.54) is 5.56 Å². The van der Waals surface area contributed by atoms with Gasteiger partial charge in [0.05, 0.1) is 6.61 Å². The minimum absolute atomic E-state index is 0.0594. The van der Waals surface area contributed by atoms with Gasteiger partial charge in [0.25, 0.3) is 0 Å². The van der Waals surface area contributed by atoms with Crippen LogP contribution in [0.15, 0.2) is 84.9 Å². The maximum absolute atomic E-state index is 13.3. The lowest BCUT2D eigenvalue weighted by atomic mass is 10.0. The van der Waals surface area contributed by atoms with E-state index in [1.54, 1.807) is 11.9 Å². The maximum atomic E-state index is 13.3. The SMILES string of the molecule is CNC(=O)[C@H](Cc1ccccc1)N(Cc1ccccc1)C(=O)CCCOc1ccc(C)cc1. The number of nitrogens with one attached hydrogen (secondary N) is 1. The van der Waals surface area contributed by atoms with Crippen LogP contribution < -0.4 is 10.1 Å². The Labute approximate surface area is 196 Å². The van der Waals surface area contributed by atoms with Crippen LogP contribution in [-0.2, 0) is 22.6 Å². The molecular weight excluding hydrogens is 412 g/mol. The highest BCUT2D eigenvalue weighted by atomic mass is 16.5. The summed E-state index contributed by atoms with van der Waals surface area (Å²) in [5.41, 5.74) is 3.18. The monoisotopic (exact) mass is 444 g/mol. The molecule has 2 amide bonds. The van der Waals surface area contributed by atoms with Crippen molar-refractivity contribution in [1.29, 1.82) is 0 Å². The number of ether oxygens (including phenoxy) is 1. The molecule has 0 fully saturated rings. The van der Waals surface area contributed by atoms with Gasteiger partial charge in [-0.05, 0) is 36.6 Å². The Morgan fingerprint density at radius 1 is 0.879 bits per heavy atom. The van der Waals surface area contributed by atoms with Crippen LogP contribution in [0.25, 0.3) is 0 Å². The summed E-state index contributed by atoms with van der Waals surface area (Å²) in [6, 6.07) is 26.9. The second-order valence-electron chi connectivity index (χ2n) is 8.09. The van der Waals surface area contributed by atoms with Crippen LogP contribution in [-0.4, -0.2) is 36.4 Å². The minimum Gasteiger partial charge on any atom is -0.494 e. The Balaban J connectivity index is 1.71. The fourth-order valence-electron chi connectivity index (χ4n) is 3.69. The molecule has 1 atom stereocenters. The van der Waals surface area contributed by atoms with Gasteiger partial charge in [0.15, 0.2) is 0 Å². The van der Waals surface area contributed by atoms with E-state index in [4.69, 9.17) is 4.74 Å². The quantitative estimate of drug-likeness (QED) is 0.442. The number of hydrogen-bond donors (Lipinski definition) is 1. The number of carbonyl (C=O) groups is 2. The molecule has 33 heavy (non-hydrogen) atoms. The molecule has 0 aromatic heterocycles. The van der Waals surface area contributed by atoms with Crippen molar-refractivity contribution >= 4 is 11.8 Å². The predicted octanol–water partition coefficient (Wildman–Crippen LogP) is 4.54. The summed E-state index contributed by atoms with van der Waals surface area (Å²) < 4.78 is 5.78. The summed E-state index contributed by atoms with van der Waals surface area (Å²) in [5.74, 6) is 0.566. The van der Waals surface area contributed by atoms with Crippen LogP contribution >= 0.6 is 0 Å². The topological polar surface area (TPSA) is 58.6 Å². The minimum atomic E-state index is -0.594. The number of amides is 2. The largest absolute Gasteiger partial charge is 0.494 e. The molecule has 0 saturated carbocycles. The standard InChI is InChI=1S/C28H32N2O3/c1-22-15-17-25(18-16-22)33-19-9-14-27(31)30(21-24-12-7-4-8-13-24)26(28(32)29-2)20-23-10-5-3-6-11-23/h3-8,10-13,15-18,26H,9,14,19-21H2,1-2H3,(H,29,32)/t26-/m0/s1. The molecule has 0 heterocycles. The number of likely N-dealkylation sites (N-methyl/N-ethyl adjacent to an activating group) is 1. The van der Waals surface area contributed by atoms with E-state index in [9.17, 15) is 9.59 Å². The summed E-state index contributed by atoms with van der Waals surface area (Å²) in [6.45, 7) is 2.85. The van der Waals surface area contributed by atoms with Crippen molar-refractivity contribution in [3.63, 3.8) is 0 Å². The average molecular weight is 445 g/mol. The summed E-state index contributed by atoms with van der Waals surface area (Å²) in [7, 11) is 1.61.